The number of nitrogen functional groups attached to an aromatic ring is 1. The highest BCUT2D eigenvalue weighted by Crippen LogP contribution is 2.38. The van der Waals surface area contributed by atoms with Gasteiger partial charge in [0.2, 0.25) is 0 Å². The highest BCUT2D eigenvalue weighted by molar-refractivity contribution is 8.01. The fourth-order valence-corrected chi connectivity index (χ4v) is 4.31. The van der Waals surface area contributed by atoms with Crippen molar-refractivity contribution in [1.82, 2.24) is 9.71 Å². The molecule has 0 amide bonds. The summed E-state index contributed by atoms with van der Waals surface area (Å²) in [5.41, 5.74) is 14.7. The molecule has 4 nitrogen and oxygen atoms in total. The summed E-state index contributed by atoms with van der Waals surface area (Å²) in [6.07, 6.45) is 14.1. The van der Waals surface area contributed by atoms with Crippen molar-refractivity contribution in [2.45, 2.75) is 79.7 Å². The van der Waals surface area contributed by atoms with E-state index < -0.39 is 0 Å². The lowest BCUT2D eigenvalue weighted by atomic mass is 9.91. The SMILES string of the molecule is CC(=N/C=C(\C)SNC(C)c1c(C2=CCCC=C2)nc2c(c1N)CCC2)C(C)(C)C. The third-order valence-corrected chi connectivity index (χ3v) is 6.83. The Kier molecular flexibility index (Phi) is 7.25. The number of hydrogen-bond acceptors (Lipinski definition) is 5. The minimum absolute atomic E-state index is 0.0793. The van der Waals surface area contributed by atoms with Gasteiger partial charge in [0.1, 0.15) is 0 Å². The number of nitrogens with one attached hydrogen (secondary N) is 1. The lowest BCUT2D eigenvalue weighted by Gasteiger charge is -2.23. The van der Waals surface area contributed by atoms with Crippen LogP contribution < -0.4 is 10.5 Å². The van der Waals surface area contributed by atoms with Gasteiger partial charge in [0, 0.05) is 39.8 Å². The van der Waals surface area contributed by atoms with Crippen LogP contribution in [0.5, 0.6) is 0 Å². The molecule has 0 spiro atoms. The van der Waals surface area contributed by atoms with Crippen LogP contribution in [0.3, 0.4) is 0 Å². The van der Waals surface area contributed by atoms with Crippen LogP contribution in [-0.2, 0) is 12.8 Å². The maximum Gasteiger partial charge on any atom is 0.0770 e. The van der Waals surface area contributed by atoms with Crippen molar-refractivity contribution in [3.05, 3.63) is 51.8 Å². The molecule has 3 rings (SSSR count). The predicted molar refractivity (Wildman–Crippen MR) is 132 cm³/mol. The molecule has 0 fully saturated rings. The van der Waals surface area contributed by atoms with Gasteiger partial charge in [-0.25, -0.2) is 0 Å². The molecule has 0 saturated carbocycles. The second-order valence-corrected chi connectivity index (χ2v) is 10.4. The molecule has 2 aliphatic rings. The third kappa shape index (κ3) is 5.25. The van der Waals surface area contributed by atoms with Crippen molar-refractivity contribution in [2.75, 3.05) is 5.73 Å². The molecule has 1 heterocycles. The number of allylic oxidation sites excluding steroid dienone is 5. The first-order valence-corrected chi connectivity index (χ1v) is 11.8. The van der Waals surface area contributed by atoms with Crippen molar-refractivity contribution in [2.24, 2.45) is 10.4 Å². The standard InChI is InChI=1S/C25H36N4S/c1-16(15-27-18(3)25(4,5)6)30-29-17(2)22-23(26)20-13-10-14-21(20)28-24(22)19-11-8-7-9-12-19/h8,11-12,15,17,29H,7,9-10,13-14H2,1-6H3,(H2,26,28)/b16-15+,27-18?. The third-order valence-electron chi connectivity index (χ3n) is 5.93. The van der Waals surface area contributed by atoms with Gasteiger partial charge < -0.3 is 5.73 Å². The van der Waals surface area contributed by atoms with E-state index in [1.165, 1.54) is 16.8 Å². The first-order valence-electron chi connectivity index (χ1n) is 11.0. The van der Waals surface area contributed by atoms with Gasteiger partial charge in [0.25, 0.3) is 0 Å². The fourth-order valence-electron chi connectivity index (χ4n) is 3.72. The Morgan fingerprint density at radius 2 is 2.03 bits per heavy atom. The first kappa shape index (κ1) is 22.8. The Morgan fingerprint density at radius 3 is 2.70 bits per heavy atom. The van der Waals surface area contributed by atoms with E-state index >= 15 is 0 Å². The van der Waals surface area contributed by atoms with E-state index in [-0.39, 0.29) is 11.5 Å². The van der Waals surface area contributed by atoms with E-state index in [0.717, 1.165) is 59.7 Å². The second kappa shape index (κ2) is 9.52. The molecule has 1 atom stereocenters. The van der Waals surface area contributed by atoms with Gasteiger partial charge in [-0.05, 0) is 81.4 Å². The van der Waals surface area contributed by atoms with E-state index in [1.54, 1.807) is 11.9 Å². The number of aryl methyl sites for hydroxylation is 1. The summed E-state index contributed by atoms with van der Waals surface area (Å²) in [5, 5.41) is 0. The molecule has 162 valence electrons. The van der Waals surface area contributed by atoms with Gasteiger partial charge in [-0.1, -0.05) is 39.0 Å². The minimum Gasteiger partial charge on any atom is -0.398 e. The van der Waals surface area contributed by atoms with Crippen LogP contribution >= 0.6 is 11.9 Å². The van der Waals surface area contributed by atoms with Gasteiger partial charge in [-0.3, -0.25) is 14.7 Å². The molecule has 3 N–H and O–H groups in total. The topological polar surface area (TPSA) is 63.3 Å². The monoisotopic (exact) mass is 424 g/mol. The number of pyridine rings is 1. The summed E-state index contributed by atoms with van der Waals surface area (Å²) in [4.78, 5) is 10.8. The lowest BCUT2D eigenvalue weighted by molar-refractivity contribution is 0.588. The predicted octanol–water partition coefficient (Wildman–Crippen LogP) is 6.55. The van der Waals surface area contributed by atoms with Crippen LogP contribution in [0.1, 0.15) is 89.4 Å². The van der Waals surface area contributed by atoms with Gasteiger partial charge in [-0.2, -0.15) is 0 Å². The highest BCUT2D eigenvalue weighted by atomic mass is 32.2. The van der Waals surface area contributed by atoms with Gasteiger partial charge >= 0.3 is 0 Å². The number of nitrogens with two attached hydrogens (primary N) is 1. The number of fused-ring (bicyclic) bond motifs is 1. The van der Waals surface area contributed by atoms with E-state index in [0.29, 0.717) is 0 Å². The summed E-state index contributed by atoms with van der Waals surface area (Å²) in [6.45, 7) is 12.9. The van der Waals surface area contributed by atoms with Crippen molar-refractivity contribution in [3.8, 4) is 0 Å². The molecule has 0 saturated heterocycles. The van der Waals surface area contributed by atoms with Crippen LogP contribution in [0.2, 0.25) is 0 Å². The summed E-state index contributed by atoms with van der Waals surface area (Å²) in [6, 6.07) is 0.0793. The van der Waals surface area contributed by atoms with Crippen LogP contribution in [0, 0.1) is 5.41 Å². The zero-order chi connectivity index (χ0) is 21.9. The molecule has 1 aromatic heterocycles. The fraction of sp³-hybridized carbons (Fsp3) is 0.520. The normalized spacial score (nSPS) is 18.4. The molecular formula is C25H36N4S. The average Bonchev–Trinajstić information content (AvgIpc) is 3.19. The van der Waals surface area contributed by atoms with Gasteiger partial charge in [-0.15, -0.1) is 0 Å². The van der Waals surface area contributed by atoms with Crippen LogP contribution in [-0.4, -0.2) is 10.7 Å². The van der Waals surface area contributed by atoms with E-state index in [4.69, 9.17) is 10.7 Å². The summed E-state index contributed by atoms with van der Waals surface area (Å²) in [5.74, 6) is 0. The van der Waals surface area contributed by atoms with Crippen molar-refractivity contribution >= 4 is 28.9 Å². The van der Waals surface area contributed by atoms with E-state index in [1.807, 2.05) is 6.20 Å². The quantitative estimate of drug-likeness (QED) is 0.401. The van der Waals surface area contributed by atoms with E-state index in [2.05, 4.69) is 69.5 Å². The largest absolute Gasteiger partial charge is 0.398 e. The van der Waals surface area contributed by atoms with Gasteiger partial charge in [0.15, 0.2) is 0 Å². The Bertz CT molecular complexity index is 916. The number of nitrogens with zero attached hydrogens (tertiary/aromatic N) is 2. The Hall–Kier alpha value is -1.85. The lowest BCUT2D eigenvalue weighted by Crippen LogP contribution is -2.18. The zero-order valence-electron chi connectivity index (χ0n) is 19.3. The van der Waals surface area contributed by atoms with Crippen molar-refractivity contribution in [3.63, 3.8) is 0 Å². The van der Waals surface area contributed by atoms with Crippen LogP contribution in [0.25, 0.3) is 5.57 Å². The molecular weight excluding hydrogens is 388 g/mol. The Morgan fingerprint density at radius 1 is 1.27 bits per heavy atom. The maximum atomic E-state index is 6.72. The molecule has 0 bridgehead atoms. The smallest absolute Gasteiger partial charge is 0.0770 e. The summed E-state index contributed by atoms with van der Waals surface area (Å²) >= 11 is 1.61. The molecule has 5 heteroatoms. The highest BCUT2D eigenvalue weighted by Gasteiger charge is 2.25. The Labute approximate surface area is 186 Å². The van der Waals surface area contributed by atoms with Gasteiger partial charge in [0.05, 0.1) is 5.69 Å². The van der Waals surface area contributed by atoms with Crippen LogP contribution in [0.15, 0.2) is 34.3 Å². The number of anilines is 1. The van der Waals surface area contributed by atoms with Crippen LogP contribution in [0.4, 0.5) is 5.69 Å². The number of rotatable bonds is 6. The number of hydrogen-bond donors (Lipinski definition) is 2. The Balaban J connectivity index is 1.84. The molecule has 30 heavy (non-hydrogen) atoms. The number of aromatic nitrogens is 1. The summed E-state index contributed by atoms with van der Waals surface area (Å²) < 4.78 is 3.58. The maximum absolute atomic E-state index is 6.72. The first-order chi connectivity index (χ1) is 14.2. The molecule has 0 aliphatic heterocycles. The van der Waals surface area contributed by atoms with Crippen molar-refractivity contribution < 1.29 is 0 Å². The molecule has 0 aromatic carbocycles. The molecule has 1 unspecified atom stereocenters. The molecule has 1 aromatic rings. The van der Waals surface area contributed by atoms with E-state index in [9.17, 15) is 0 Å². The molecule has 0 radical (unpaired) electrons. The molecule has 2 aliphatic carbocycles. The minimum atomic E-state index is 0.0793. The average molecular weight is 425 g/mol. The van der Waals surface area contributed by atoms with Crippen molar-refractivity contribution in [1.29, 1.82) is 0 Å². The summed E-state index contributed by atoms with van der Waals surface area (Å²) in [7, 11) is 0. The zero-order valence-corrected chi connectivity index (χ0v) is 20.1. The second-order valence-electron chi connectivity index (χ2n) is 9.35. The number of aliphatic imine (C=N–C) groups is 1.